The van der Waals surface area contributed by atoms with Crippen LogP contribution < -0.4 is 10.5 Å². The van der Waals surface area contributed by atoms with Gasteiger partial charge in [-0.25, -0.2) is 0 Å². The van der Waals surface area contributed by atoms with Crippen molar-refractivity contribution < 1.29 is 4.74 Å². The average molecular weight is 317 g/mol. The maximum Gasteiger partial charge on any atom is 0.138 e. The molecule has 0 saturated carbocycles. The first-order valence-corrected chi connectivity index (χ1v) is 8.23. The molecule has 21 heavy (non-hydrogen) atoms. The van der Waals surface area contributed by atoms with E-state index < -0.39 is 0 Å². The van der Waals surface area contributed by atoms with Gasteiger partial charge in [-0.1, -0.05) is 37.3 Å². The minimum atomic E-state index is 0.367. The van der Waals surface area contributed by atoms with Crippen molar-refractivity contribution in [1.82, 2.24) is 0 Å². The van der Waals surface area contributed by atoms with Gasteiger partial charge in [-0.15, -0.1) is 11.8 Å². The lowest BCUT2D eigenvalue weighted by molar-refractivity contribution is 0.476. The van der Waals surface area contributed by atoms with Crippen molar-refractivity contribution in [3.8, 4) is 11.5 Å². The minimum Gasteiger partial charge on any atom is -0.456 e. The van der Waals surface area contributed by atoms with Gasteiger partial charge in [0.05, 0.1) is 5.56 Å². The van der Waals surface area contributed by atoms with Crippen LogP contribution in [0.5, 0.6) is 11.5 Å². The van der Waals surface area contributed by atoms with Crippen LogP contribution in [0.15, 0.2) is 41.3 Å². The molecule has 0 amide bonds. The number of rotatable bonds is 5. The van der Waals surface area contributed by atoms with Gasteiger partial charge in [0, 0.05) is 4.90 Å². The predicted octanol–water partition coefficient (Wildman–Crippen LogP) is 4.84. The topological polar surface area (TPSA) is 35.2 Å². The Hall–Kier alpha value is -1.52. The summed E-state index contributed by atoms with van der Waals surface area (Å²) in [5, 5.41) is 0. The summed E-state index contributed by atoms with van der Waals surface area (Å²) in [6, 6.07) is 12.1. The van der Waals surface area contributed by atoms with E-state index in [1.54, 1.807) is 11.8 Å². The Kier molecular flexibility index (Phi) is 5.26. The highest BCUT2D eigenvalue weighted by molar-refractivity contribution is 7.99. The normalized spacial score (nSPS) is 10.4. The van der Waals surface area contributed by atoms with Gasteiger partial charge < -0.3 is 10.5 Å². The molecule has 0 atom stereocenters. The molecular weight excluding hydrogens is 298 g/mol. The van der Waals surface area contributed by atoms with Crippen LogP contribution in [0.25, 0.3) is 0 Å². The van der Waals surface area contributed by atoms with Crippen LogP contribution in [-0.2, 0) is 0 Å². The van der Waals surface area contributed by atoms with E-state index in [0.717, 1.165) is 38.8 Å². The molecule has 4 heteroatoms. The van der Waals surface area contributed by atoms with Crippen LogP contribution in [0.4, 0.5) is 0 Å². The third-order valence-corrected chi connectivity index (χ3v) is 4.24. The van der Waals surface area contributed by atoms with Crippen molar-refractivity contribution in [2.45, 2.75) is 25.7 Å². The SMILES string of the molecule is CCSc1cccc(Oc2cc(C)ccc2C)c1C(N)=S. The molecule has 2 rings (SSSR count). The van der Waals surface area contributed by atoms with Crippen LogP contribution in [-0.4, -0.2) is 10.7 Å². The van der Waals surface area contributed by atoms with E-state index >= 15 is 0 Å². The Morgan fingerprint density at radius 2 is 1.95 bits per heavy atom. The predicted molar refractivity (Wildman–Crippen MR) is 94.7 cm³/mol. The van der Waals surface area contributed by atoms with Gasteiger partial charge in [-0.3, -0.25) is 0 Å². The van der Waals surface area contributed by atoms with Gasteiger partial charge in [0.15, 0.2) is 0 Å². The first-order valence-electron chi connectivity index (χ1n) is 6.83. The molecule has 2 aromatic carbocycles. The van der Waals surface area contributed by atoms with E-state index in [9.17, 15) is 0 Å². The number of thiocarbonyl (C=S) groups is 1. The summed E-state index contributed by atoms with van der Waals surface area (Å²) in [7, 11) is 0. The van der Waals surface area contributed by atoms with E-state index in [1.165, 1.54) is 0 Å². The van der Waals surface area contributed by atoms with E-state index in [0.29, 0.717) is 4.99 Å². The number of ether oxygens (including phenoxy) is 1. The maximum absolute atomic E-state index is 6.09. The van der Waals surface area contributed by atoms with Crippen molar-refractivity contribution >= 4 is 29.0 Å². The van der Waals surface area contributed by atoms with Crippen LogP contribution in [0.2, 0.25) is 0 Å². The van der Waals surface area contributed by atoms with Crippen LogP contribution >= 0.6 is 24.0 Å². The second-order valence-electron chi connectivity index (χ2n) is 4.80. The molecule has 0 unspecified atom stereocenters. The van der Waals surface area contributed by atoms with E-state index in [-0.39, 0.29) is 0 Å². The molecule has 2 N–H and O–H groups in total. The van der Waals surface area contributed by atoms with E-state index in [1.807, 2.05) is 38.1 Å². The molecule has 2 aromatic rings. The molecule has 0 aromatic heterocycles. The summed E-state index contributed by atoms with van der Waals surface area (Å²) >= 11 is 6.93. The van der Waals surface area contributed by atoms with Crippen LogP contribution in [0, 0.1) is 13.8 Å². The second-order valence-corrected chi connectivity index (χ2v) is 6.54. The van der Waals surface area contributed by atoms with Crippen molar-refractivity contribution in [1.29, 1.82) is 0 Å². The molecule has 0 saturated heterocycles. The molecule has 0 fully saturated rings. The maximum atomic E-state index is 6.09. The Balaban J connectivity index is 2.46. The van der Waals surface area contributed by atoms with Crippen LogP contribution in [0.1, 0.15) is 23.6 Å². The second kappa shape index (κ2) is 6.96. The van der Waals surface area contributed by atoms with Gasteiger partial charge in [0.2, 0.25) is 0 Å². The highest BCUT2D eigenvalue weighted by Gasteiger charge is 2.14. The third kappa shape index (κ3) is 3.77. The molecule has 0 bridgehead atoms. The number of thioether (sulfide) groups is 1. The lowest BCUT2D eigenvalue weighted by Gasteiger charge is -2.15. The van der Waals surface area contributed by atoms with Gasteiger partial charge >= 0.3 is 0 Å². The fraction of sp³-hybridized carbons (Fsp3) is 0.235. The van der Waals surface area contributed by atoms with E-state index in [4.69, 9.17) is 22.7 Å². The summed E-state index contributed by atoms with van der Waals surface area (Å²) < 4.78 is 6.09. The summed E-state index contributed by atoms with van der Waals surface area (Å²) in [4.78, 5) is 1.43. The number of hydrogen-bond donors (Lipinski definition) is 1. The fourth-order valence-electron chi connectivity index (χ4n) is 2.05. The summed E-state index contributed by atoms with van der Waals surface area (Å²) in [5.41, 5.74) is 8.97. The number of nitrogens with two attached hydrogens (primary N) is 1. The summed E-state index contributed by atoms with van der Waals surface area (Å²) in [6.45, 7) is 6.18. The Bertz CT molecular complexity index is 668. The molecule has 0 aliphatic rings. The largest absolute Gasteiger partial charge is 0.456 e. The summed E-state index contributed by atoms with van der Waals surface area (Å²) in [5.74, 6) is 2.52. The zero-order valence-corrected chi connectivity index (χ0v) is 14.1. The van der Waals surface area contributed by atoms with Gasteiger partial charge in [0.25, 0.3) is 0 Å². The average Bonchev–Trinajstić information content (AvgIpc) is 2.43. The molecule has 0 spiro atoms. The highest BCUT2D eigenvalue weighted by Crippen LogP contribution is 2.34. The Labute approximate surface area is 135 Å². The first-order chi connectivity index (χ1) is 10.0. The van der Waals surface area contributed by atoms with Gasteiger partial charge in [-0.05, 0) is 48.9 Å². The van der Waals surface area contributed by atoms with Gasteiger partial charge in [-0.2, -0.15) is 0 Å². The molecular formula is C17H19NOS2. The molecule has 0 aliphatic carbocycles. The zero-order valence-electron chi connectivity index (χ0n) is 12.5. The number of hydrogen-bond acceptors (Lipinski definition) is 3. The van der Waals surface area contributed by atoms with Crippen molar-refractivity contribution in [3.63, 3.8) is 0 Å². The van der Waals surface area contributed by atoms with Crippen molar-refractivity contribution in [3.05, 3.63) is 53.1 Å². The molecule has 110 valence electrons. The minimum absolute atomic E-state index is 0.367. The lowest BCUT2D eigenvalue weighted by Crippen LogP contribution is -2.12. The summed E-state index contributed by atoms with van der Waals surface area (Å²) in [6.07, 6.45) is 0. The first kappa shape index (κ1) is 15.9. The number of benzene rings is 2. The standard InChI is InChI=1S/C17H19NOS2/c1-4-21-15-7-5-6-13(16(15)17(18)20)19-14-10-11(2)8-9-12(14)3/h5-10H,4H2,1-3H3,(H2,18,20). The number of aryl methyl sites for hydroxylation is 2. The van der Waals surface area contributed by atoms with E-state index in [2.05, 4.69) is 19.1 Å². The highest BCUT2D eigenvalue weighted by atomic mass is 32.2. The van der Waals surface area contributed by atoms with Crippen molar-refractivity contribution in [2.75, 3.05) is 5.75 Å². The van der Waals surface area contributed by atoms with Crippen molar-refractivity contribution in [2.24, 2.45) is 5.73 Å². The van der Waals surface area contributed by atoms with Gasteiger partial charge in [0.1, 0.15) is 16.5 Å². The Morgan fingerprint density at radius 3 is 2.62 bits per heavy atom. The quantitative estimate of drug-likeness (QED) is 0.632. The smallest absolute Gasteiger partial charge is 0.138 e. The third-order valence-electron chi connectivity index (χ3n) is 3.10. The monoisotopic (exact) mass is 317 g/mol. The Morgan fingerprint density at radius 1 is 1.19 bits per heavy atom. The lowest BCUT2D eigenvalue weighted by atomic mass is 10.1. The molecule has 0 radical (unpaired) electrons. The zero-order chi connectivity index (χ0) is 15.4. The van der Waals surface area contributed by atoms with Crippen LogP contribution in [0.3, 0.4) is 0 Å². The fourth-order valence-corrected chi connectivity index (χ4v) is 3.17. The molecule has 0 heterocycles. The molecule has 0 aliphatic heterocycles. The molecule has 2 nitrogen and oxygen atoms in total.